The standard InChI is InChI=1S/C15H34N4O3S.HI/c1-7-16-14(17-9-11-22-10-8-13(2)3)18-12-15(4,5)19-23(6,20)21;/h13,19H,7-12H2,1-6H3,(H2,16,17,18);1H. The molecule has 0 heterocycles. The summed E-state index contributed by atoms with van der Waals surface area (Å²) >= 11 is 0. The van der Waals surface area contributed by atoms with Gasteiger partial charge in [-0.2, -0.15) is 0 Å². The first-order valence-electron chi connectivity index (χ1n) is 8.14. The summed E-state index contributed by atoms with van der Waals surface area (Å²) in [6.45, 7) is 13.0. The van der Waals surface area contributed by atoms with E-state index in [4.69, 9.17) is 4.74 Å². The van der Waals surface area contributed by atoms with Crippen molar-refractivity contribution >= 4 is 40.0 Å². The van der Waals surface area contributed by atoms with Gasteiger partial charge in [0.25, 0.3) is 0 Å². The summed E-state index contributed by atoms with van der Waals surface area (Å²) in [7, 11) is -3.26. The Kier molecular flexibility index (Phi) is 14.3. The molecule has 146 valence electrons. The Morgan fingerprint density at radius 3 is 2.33 bits per heavy atom. The number of rotatable bonds is 11. The lowest BCUT2D eigenvalue weighted by molar-refractivity contribution is 0.128. The Bertz CT molecular complexity index is 454. The molecular weight excluding hydrogens is 443 g/mol. The second-order valence-electron chi connectivity index (χ2n) is 6.67. The van der Waals surface area contributed by atoms with Gasteiger partial charge in [0.15, 0.2) is 5.96 Å². The SMILES string of the molecule is CCNC(=NCC(C)(C)NS(C)(=O)=O)NCCOCCC(C)C.I. The van der Waals surface area contributed by atoms with Crippen molar-refractivity contribution in [3.05, 3.63) is 0 Å². The maximum absolute atomic E-state index is 11.3. The highest BCUT2D eigenvalue weighted by Crippen LogP contribution is 2.04. The van der Waals surface area contributed by atoms with Crippen LogP contribution in [0.15, 0.2) is 4.99 Å². The monoisotopic (exact) mass is 478 g/mol. The van der Waals surface area contributed by atoms with E-state index in [1.54, 1.807) is 13.8 Å². The van der Waals surface area contributed by atoms with Crippen LogP contribution in [0.2, 0.25) is 0 Å². The predicted molar refractivity (Wildman–Crippen MR) is 112 cm³/mol. The highest BCUT2D eigenvalue weighted by molar-refractivity contribution is 14.0. The van der Waals surface area contributed by atoms with Crippen molar-refractivity contribution in [3.8, 4) is 0 Å². The number of hydrogen-bond acceptors (Lipinski definition) is 4. The van der Waals surface area contributed by atoms with Gasteiger partial charge in [0, 0.05) is 25.2 Å². The Labute approximate surface area is 164 Å². The average Bonchev–Trinajstić information content (AvgIpc) is 2.36. The summed E-state index contributed by atoms with van der Waals surface area (Å²) < 4.78 is 30.8. The molecule has 0 bridgehead atoms. The average molecular weight is 478 g/mol. The van der Waals surface area contributed by atoms with Crippen molar-refractivity contribution in [3.63, 3.8) is 0 Å². The lowest BCUT2D eigenvalue weighted by Gasteiger charge is -2.23. The van der Waals surface area contributed by atoms with Crippen LogP contribution in [0, 0.1) is 5.92 Å². The zero-order valence-corrected chi connectivity index (χ0v) is 19.0. The molecule has 24 heavy (non-hydrogen) atoms. The molecule has 0 aromatic rings. The third kappa shape index (κ3) is 16.7. The highest BCUT2D eigenvalue weighted by atomic mass is 127. The molecule has 3 N–H and O–H groups in total. The van der Waals surface area contributed by atoms with E-state index < -0.39 is 15.6 Å². The molecule has 0 aliphatic rings. The van der Waals surface area contributed by atoms with Crippen molar-refractivity contribution in [1.82, 2.24) is 15.4 Å². The number of sulfonamides is 1. The number of nitrogens with one attached hydrogen (secondary N) is 3. The van der Waals surface area contributed by atoms with Crippen LogP contribution in [0.1, 0.15) is 41.0 Å². The lowest BCUT2D eigenvalue weighted by atomic mass is 10.1. The van der Waals surface area contributed by atoms with Crippen molar-refractivity contribution < 1.29 is 13.2 Å². The van der Waals surface area contributed by atoms with Crippen molar-refractivity contribution in [1.29, 1.82) is 0 Å². The zero-order valence-electron chi connectivity index (χ0n) is 15.8. The fraction of sp³-hybridized carbons (Fsp3) is 0.933. The molecule has 7 nitrogen and oxygen atoms in total. The molecule has 0 aromatic heterocycles. The maximum atomic E-state index is 11.3. The number of halogens is 1. The van der Waals surface area contributed by atoms with E-state index in [0.717, 1.165) is 25.8 Å². The largest absolute Gasteiger partial charge is 0.380 e. The molecule has 0 fully saturated rings. The van der Waals surface area contributed by atoms with Gasteiger partial charge in [-0.25, -0.2) is 13.1 Å². The third-order valence-electron chi connectivity index (χ3n) is 2.82. The molecule has 0 aromatic carbocycles. The normalized spacial score (nSPS) is 12.9. The quantitative estimate of drug-likeness (QED) is 0.181. The van der Waals surface area contributed by atoms with Gasteiger partial charge >= 0.3 is 0 Å². The summed E-state index contributed by atoms with van der Waals surface area (Å²) in [6, 6.07) is 0. The predicted octanol–water partition coefficient (Wildman–Crippen LogP) is 1.55. The second kappa shape index (κ2) is 13.1. The number of ether oxygens (including phenoxy) is 1. The van der Waals surface area contributed by atoms with Crippen LogP contribution in [0.5, 0.6) is 0 Å². The van der Waals surface area contributed by atoms with E-state index >= 15 is 0 Å². The first kappa shape index (κ1) is 26.1. The van der Waals surface area contributed by atoms with Gasteiger partial charge in [-0.1, -0.05) is 13.8 Å². The lowest BCUT2D eigenvalue weighted by Crippen LogP contribution is -2.47. The van der Waals surface area contributed by atoms with Crippen LogP contribution in [0.3, 0.4) is 0 Å². The molecule has 9 heteroatoms. The Hall–Kier alpha value is -0.130. The number of nitrogens with zero attached hydrogens (tertiary/aromatic N) is 1. The Morgan fingerprint density at radius 2 is 1.83 bits per heavy atom. The van der Waals surface area contributed by atoms with Gasteiger partial charge < -0.3 is 15.4 Å². The van der Waals surface area contributed by atoms with Gasteiger partial charge in [0.2, 0.25) is 10.0 Å². The van der Waals surface area contributed by atoms with Gasteiger partial charge in [-0.05, 0) is 33.1 Å². The van der Waals surface area contributed by atoms with Crippen molar-refractivity contribution in [2.75, 3.05) is 39.1 Å². The van der Waals surface area contributed by atoms with Crippen LogP contribution in [0.4, 0.5) is 0 Å². The van der Waals surface area contributed by atoms with Crippen LogP contribution in [-0.4, -0.2) is 59.0 Å². The smallest absolute Gasteiger partial charge is 0.209 e. The summed E-state index contributed by atoms with van der Waals surface area (Å²) in [6.07, 6.45) is 2.20. The van der Waals surface area contributed by atoms with Gasteiger partial charge in [0.1, 0.15) is 0 Å². The molecule has 0 radical (unpaired) electrons. The molecular formula is C15H35IN4O3S. The van der Waals surface area contributed by atoms with Crippen molar-refractivity contribution in [2.45, 2.75) is 46.6 Å². The van der Waals surface area contributed by atoms with E-state index in [-0.39, 0.29) is 24.0 Å². The Balaban J connectivity index is 0. The third-order valence-corrected chi connectivity index (χ3v) is 3.74. The summed E-state index contributed by atoms with van der Waals surface area (Å²) in [4.78, 5) is 4.43. The number of hydrogen-bond donors (Lipinski definition) is 3. The highest BCUT2D eigenvalue weighted by Gasteiger charge is 2.21. The first-order valence-corrected chi connectivity index (χ1v) is 10.0. The van der Waals surface area contributed by atoms with E-state index in [1.807, 2.05) is 6.92 Å². The summed E-state index contributed by atoms with van der Waals surface area (Å²) in [5.41, 5.74) is -0.635. The fourth-order valence-corrected chi connectivity index (χ4v) is 2.88. The minimum absolute atomic E-state index is 0. The van der Waals surface area contributed by atoms with Gasteiger partial charge in [-0.15, -0.1) is 24.0 Å². The number of aliphatic imine (C=N–C) groups is 1. The van der Waals surface area contributed by atoms with Crippen LogP contribution in [0.25, 0.3) is 0 Å². The molecule has 0 amide bonds. The molecule has 0 spiro atoms. The van der Waals surface area contributed by atoms with Crippen LogP contribution < -0.4 is 15.4 Å². The Morgan fingerprint density at radius 1 is 1.21 bits per heavy atom. The first-order chi connectivity index (χ1) is 10.6. The van der Waals surface area contributed by atoms with Crippen LogP contribution >= 0.6 is 24.0 Å². The fourth-order valence-electron chi connectivity index (χ4n) is 1.82. The maximum Gasteiger partial charge on any atom is 0.209 e. The molecule has 0 rings (SSSR count). The molecule has 0 atom stereocenters. The molecule has 0 saturated heterocycles. The van der Waals surface area contributed by atoms with Crippen molar-refractivity contribution in [2.24, 2.45) is 10.9 Å². The van der Waals surface area contributed by atoms with Gasteiger partial charge in [0.05, 0.1) is 19.4 Å². The molecule has 0 unspecified atom stereocenters. The minimum atomic E-state index is -3.26. The molecule has 0 saturated carbocycles. The van der Waals surface area contributed by atoms with E-state index in [1.165, 1.54) is 0 Å². The van der Waals surface area contributed by atoms with E-state index in [2.05, 4.69) is 34.2 Å². The van der Waals surface area contributed by atoms with E-state index in [9.17, 15) is 8.42 Å². The van der Waals surface area contributed by atoms with Crippen LogP contribution in [-0.2, 0) is 14.8 Å². The summed E-state index contributed by atoms with van der Waals surface area (Å²) in [5.74, 6) is 1.30. The zero-order chi connectivity index (χ0) is 17.9. The van der Waals surface area contributed by atoms with E-state index in [0.29, 0.717) is 31.6 Å². The van der Waals surface area contributed by atoms with Gasteiger partial charge in [-0.3, -0.25) is 4.99 Å². The summed E-state index contributed by atoms with van der Waals surface area (Å²) in [5, 5.41) is 6.31. The molecule has 0 aliphatic carbocycles. The second-order valence-corrected chi connectivity index (χ2v) is 8.42. The minimum Gasteiger partial charge on any atom is -0.380 e. The molecule has 0 aliphatic heterocycles. The topological polar surface area (TPSA) is 91.8 Å². The number of guanidine groups is 1.